The molecule has 1 heterocycles. The summed E-state index contributed by atoms with van der Waals surface area (Å²) in [7, 11) is 1.55. The Morgan fingerprint density at radius 2 is 1.93 bits per heavy atom. The minimum atomic E-state index is -0.229. The van der Waals surface area contributed by atoms with Crippen molar-refractivity contribution in [3.63, 3.8) is 0 Å². The molecule has 0 spiro atoms. The monoisotopic (exact) mass is 386 g/mol. The number of carbonyl (C=O) groups is 1. The standard InChI is InChI=1S/C24H22N2O3/c1-4-16-10-12-22-20(13-16)26-24(29-22)17-11-9-15(2)19(14-17)25-23(27)18-7-5-6-8-21(18)28-3/h5-14H,4H2,1-3H3,(H,25,27). The Morgan fingerprint density at radius 1 is 1.10 bits per heavy atom. The number of nitrogens with zero attached hydrogens (tertiary/aromatic N) is 1. The Bertz CT molecular complexity index is 1190. The molecule has 1 amide bonds. The predicted octanol–water partition coefficient (Wildman–Crippen LogP) is 5.63. The summed E-state index contributed by atoms with van der Waals surface area (Å²) in [4.78, 5) is 17.4. The summed E-state index contributed by atoms with van der Waals surface area (Å²) in [6.07, 6.45) is 0.946. The van der Waals surface area contributed by atoms with E-state index in [2.05, 4.69) is 17.2 Å². The summed E-state index contributed by atoms with van der Waals surface area (Å²) >= 11 is 0. The van der Waals surface area contributed by atoms with Crippen LogP contribution in [0.2, 0.25) is 0 Å². The quantitative estimate of drug-likeness (QED) is 0.483. The van der Waals surface area contributed by atoms with Crippen LogP contribution in [0.3, 0.4) is 0 Å². The number of amides is 1. The second kappa shape index (κ2) is 7.80. The zero-order valence-electron chi connectivity index (χ0n) is 16.7. The largest absolute Gasteiger partial charge is 0.496 e. The van der Waals surface area contributed by atoms with Crippen molar-refractivity contribution in [1.29, 1.82) is 0 Å². The van der Waals surface area contributed by atoms with Crippen LogP contribution in [0.5, 0.6) is 5.75 Å². The lowest BCUT2D eigenvalue weighted by Crippen LogP contribution is -2.14. The van der Waals surface area contributed by atoms with Crippen molar-refractivity contribution in [3.05, 3.63) is 77.4 Å². The van der Waals surface area contributed by atoms with E-state index >= 15 is 0 Å². The van der Waals surface area contributed by atoms with Crippen LogP contribution in [0.15, 0.2) is 65.1 Å². The molecular weight excluding hydrogens is 364 g/mol. The lowest BCUT2D eigenvalue weighted by molar-refractivity contribution is 0.102. The molecule has 146 valence electrons. The number of methoxy groups -OCH3 is 1. The van der Waals surface area contributed by atoms with Crippen LogP contribution in [-0.4, -0.2) is 18.0 Å². The Kier molecular flexibility index (Phi) is 5.04. The van der Waals surface area contributed by atoms with E-state index in [4.69, 9.17) is 9.15 Å². The molecule has 1 N–H and O–H groups in total. The average Bonchev–Trinajstić information content (AvgIpc) is 3.18. The van der Waals surface area contributed by atoms with Gasteiger partial charge in [-0.05, 0) is 60.9 Å². The van der Waals surface area contributed by atoms with E-state index in [1.165, 1.54) is 5.56 Å². The predicted molar refractivity (Wildman–Crippen MR) is 115 cm³/mol. The van der Waals surface area contributed by atoms with Gasteiger partial charge >= 0.3 is 0 Å². The molecule has 0 aliphatic heterocycles. The molecule has 0 aliphatic carbocycles. The average molecular weight is 386 g/mol. The number of carbonyl (C=O) groups excluding carboxylic acids is 1. The Morgan fingerprint density at radius 3 is 2.72 bits per heavy atom. The minimum Gasteiger partial charge on any atom is -0.496 e. The number of para-hydroxylation sites is 1. The number of aromatic nitrogens is 1. The summed E-state index contributed by atoms with van der Waals surface area (Å²) in [5, 5.41) is 2.98. The minimum absolute atomic E-state index is 0.229. The smallest absolute Gasteiger partial charge is 0.259 e. The zero-order chi connectivity index (χ0) is 20.4. The molecule has 4 aromatic rings. The molecule has 0 saturated carbocycles. The fourth-order valence-corrected chi connectivity index (χ4v) is 3.23. The number of nitrogens with one attached hydrogen (secondary N) is 1. The van der Waals surface area contributed by atoms with E-state index in [0.717, 1.165) is 28.6 Å². The molecule has 0 atom stereocenters. The molecule has 0 fully saturated rings. The highest BCUT2D eigenvalue weighted by Crippen LogP contribution is 2.29. The Balaban J connectivity index is 1.66. The van der Waals surface area contributed by atoms with Crippen LogP contribution in [0.1, 0.15) is 28.4 Å². The first-order valence-corrected chi connectivity index (χ1v) is 9.54. The molecule has 5 nitrogen and oxygen atoms in total. The summed E-state index contributed by atoms with van der Waals surface area (Å²) in [6, 6.07) is 18.9. The van der Waals surface area contributed by atoms with E-state index in [-0.39, 0.29) is 5.91 Å². The first-order chi connectivity index (χ1) is 14.1. The van der Waals surface area contributed by atoms with Gasteiger partial charge in [-0.1, -0.05) is 31.2 Å². The van der Waals surface area contributed by atoms with Gasteiger partial charge in [0.05, 0.1) is 12.7 Å². The summed E-state index contributed by atoms with van der Waals surface area (Å²) in [5.74, 6) is 0.832. The number of rotatable bonds is 5. The number of fused-ring (bicyclic) bond motifs is 1. The highest BCUT2D eigenvalue weighted by molar-refractivity contribution is 6.06. The Hall–Kier alpha value is -3.60. The van der Waals surface area contributed by atoms with E-state index in [1.807, 2.05) is 55.5 Å². The molecule has 1 aromatic heterocycles. The van der Waals surface area contributed by atoms with Crippen molar-refractivity contribution in [2.75, 3.05) is 12.4 Å². The van der Waals surface area contributed by atoms with Gasteiger partial charge in [0.25, 0.3) is 5.91 Å². The van der Waals surface area contributed by atoms with Crippen LogP contribution in [-0.2, 0) is 6.42 Å². The number of anilines is 1. The highest BCUT2D eigenvalue weighted by Gasteiger charge is 2.15. The third-order valence-corrected chi connectivity index (χ3v) is 4.94. The highest BCUT2D eigenvalue weighted by atomic mass is 16.5. The number of oxazole rings is 1. The van der Waals surface area contributed by atoms with E-state index in [9.17, 15) is 4.79 Å². The van der Waals surface area contributed by atoms with Crippen molar-refractivity contribution >= 4 is 22.7 Å². The molecule has 3 aromatic carbocycles. The number of hydrogen-bond donors (Lipinski definition) is 1. The van der Waals surface area contributed by atoms with Gasteiger partial charge in [0.15, 0.2) is 5.58 Å². The lowest BCUT2D eigenvalue weighted by Gasteiger charge is -2.11. The third kappa shape index (κ3) is 3.72. The molecule has 5 heteroatoms. The van der Waals surface area contributed by atoms with Gasteiger partial charge in [0, 0.05) is 11.3 Å². The molecule has 0 radical (unpaired) electrons. The van der Waals surface area contributed by atoms with E-state index < -0.39 is 0 Å². The molecule has 29 heavy (non-hydrogen) atoms. The van der Waals surface area contributed by atoms with Crippen LogP contribution in [0.25, 0.3) is 22.6 Å². The van der Waals surface area contributed by atoms with Gasteiger partial charge in [-0.25, -0.2) is 4.98 Å². The van der Waals surface area contributed by atoms with Gasteiger partial charge in [-0.15, -0.1) is 0 Å². The fourth-order valence-electron chi connectivity index (χ4n) is 3.23. The summed E-state index contributed by atoms with van der Waals surface area (Å²) in [6.45, 7) is 4.06. The first kappa shape index (κ1) is 18.7. The maximum absolute atomic E-state index is 12.8. The number of benzene rings is 3. The van der Waals surface area contributed by atoms with Crippen molar-refractivity contribution < 1.29 is 13.9 Å². The normalized spacial score (nSPS) is 10.9. The summed E-state index contributed by atoms with van der Waals surface area (Å²) in [5.41, 5.74) is 5.73. The number of ether oxygens (including phenoxy) is 1. The van der Waals surface area contributed by atoms with Crippen molar-refractivity contribution in [2.24, 2.45) is 0 Å². The van der Waals surface area contributed by atoms with Gasteiger partial charge in [0.2, 0.25) is 5.89 Å². The second-order valence-electron chi connectivity index (χ2n) is 6.86. The third-order valence-electron chi connectivity index (χ3n) is 4.94. The van der Waals surface area contributed by atoms with Crippen molar-refractivity contribution in [3.8, 4) is 17.2 Å². The van der Waals surface area contributed by atoms with Crippen LogP contribution in [0, 0.1) is 6.92 Å². The van der Waals surface area contributed by atoms with Gasteiger partial charge in [-0.2, -0.15) is 0 Å². The van der Waals surface area contributed by atoms with Crippen LogP contribution >= 0.6 is 0 Å². The van der Waals surface area contributed by atoms with E-state index in [1.54, 1.807) is 19.2 Å². The van der Waals surface area contributed by atoms with E-state index in [0.29, 0.717) is 22.9 Å². The van der Waals surface area contributed by atoms with Gasteiger partial charge < -0.3 is 14.5 Å². The fraction of sp³-hybridized carbons (Fsp3) is 0.167. The molecular formula is C24H22N2O3. The second-order valence-corrected chi connectivity index (χ2v) is 6.86. The molecule has 0 aliphatic rings. The maximum Gasteiger partial charge on any atom is 0.259 e. The maximum atomic E-state index is 12.8. The topological polar surface area (TPSA) is 64.4 Å². The first-order valence-electron chi connectivity index (χ1n) is 9.54. The van der Waals surface area contributed by atoms with Crippen LogP contribution < -0.4 is 10.1 Å². The van der Waals surface area contributed by atoms with Crippen LogP contribution in [0.4, 0.5) is 5.69 Å². The van der Waals surface area contributed by atoms with Crippen molar-refractivity contribution in [2.45, 2.75) is 20.3 Å². The number of hydrogen-bond acceptors (Lipinski definition) is 4. The van der Waals surface area contributed by atoms with Gasteiger partial charge in [0.1, 0.15) is 11.3 Å². The van der Waals surface area contributed by atoms with Gasteiger partial charge in [-0.3, -0.25) is 4.79 Å². The molecule has 0 saturated heterocycles. The molecule has 4 rings (SSSR count). The molecule has 0 bridgehead atoms. The van der Waals surface area contributed by atoms with Crippen molar-refractivity contribution in [1.82, 2.24) is 4.98 Å². The number of aryl methyl sites for hydroxylation is 2. The SMILES string of the molecule is CCc1ccc2oc(-c3ccc(C)c(NC(=O)c4ccccc4OC)c3)nc2c1. The Labute approximate surface area is 169 Å². The molecule has 0 unspecified atom stereocenters. The zero-order valence-corrected chi connectivity index (χ0v) is 16.7. The summed E-state index contributed by atoms with van der Waals surface area (Å²) < 4.78 is 11.2. The lowest BCUT2D eigenvalue weighted by atomic mass is 10.1.